The Kier molecular flexibility index (Phi) is 3.37. The van der Waals surface area contributed by atoms with Crippen molar-refractivity contribution in [2.24, 2.45) is 5.41 Å². The molecular formula is C15H20O2S. The molecule has 1 aliphatic carbocycles. The van der Waals surface area contributed by atoms with E-state index >= 15 is 0 Å². The van der Waals surface area contributed by atoms with E-state index in [-0.39, 0.29) is 5.41 Å². The summed E-state index contributed by atoms with van der Waals surface area (Å²) in [6.45, 7) is 8.06. The normalized spacial score (nSPS) is 23.9. The van der Waals surface area contributed by atoms with Gasteiger partial charge in [0.2, 0.25) is 0 Å². The molecule has 0 N–H and O–H groups in total. The number of benzene rings is 1. The number of rotatable bonds is 2. The molecule has 98 valence electrons. The van der Waals surface area contributed by atoms with E-state index in [1.54, 1.807) is 24.3 Å². The minimum absolute atomic E-state index is 0.232. The third-order valence-electron chi connectivity index (χ3n) is 3.78. The molecule has 1 aromatic rings. The smallest absolute Gasteiger partial charge is 0.185 e. The van der Waals surface area contributed by atoms with Gasteiger partial charge in [-0.15, -0.1) is 0 Å². The lowest BCUT2D eigenvalue weighted by molar-refractivity contribution is 0.291. The first kappa shape index (κ1) is 13.3. The van der Waals surface area contributed by atoms with Gasteiger partial charge in [0.25, 0.3) is 0 Å². The van der Waals surface area contributed by atoms with Crippen LogP contribution in [0.4, 0.5) is 0 Å². The summed E-state index contributed by atoms with van der Waals surface area (Å²) in [6.07, 6.45) is 2.79. The van der Waals surface area contributed by atoms with Crippen molar-refractivity contribution >= 4 is 9.84 Å². The molecule has 1 saturated carbocycles. The molecule has 0 aliphatic heterocycles. The van der Waals surface area contributed by atoms with Crippen LogP contribution in [0, 0.1) is 5.41 Å². The summed E-state index contributed by atoms with van der Waals surface area (Å²) in [5.74, 6) is 0. The van der Waals surface area contributed by atoms with Crippen LogP contribution in [0.15, 0.2) is 47.4 Å². The molecule has 0 spiro atoms. The maximum Gasteiger partial charge on any atom is 0.185 e. The quantitative estimate of drug-likeness (QED) is 0.765. The summed E-state index contributed by atoms with van der Waals surface area (Å²) >= 11 is 0. The third kappa shape index (κ3) is 2.24. The van der Waals surface area contributed by atoms with E-state index < -0.39 is 15.1 Å². The Morgan fingerprint density at radius 1 is 1.22 bits per heavy atom. The van der Waals surface area contributed by atoms with Gasteiger partial charge in [-0.1, -0.05) is 44.2 Å². The second kappa shape index (κ2) is 4.54. The van der Waals surface area contributed by atoms with Crippen molar-refractivity contribution in [2.75, 3.05) is 0 Å². The molecule has 0 bridgehead atoms. The van der Waals surface area contributed by atoms with Gasteiger partial charge in [-0.05, 0) is 36.8 Å². The first-order chi connectivity index (χ1) is 8.36. The van der Waals surface area contributed by atoms with Crippen molar-refractivity contribution in [3.8, 4) is 0 Å². The predicted octanol–water partition coefficient (Wildman–Crippen LogP) is 3.60. The minimum atomic E-state index is -3.32. The third-order valence-corrected chi connectivity index (χ3v) is 6.30. The fourth-order valence-corrected chi connectivity index (χ4v) is 5.29. The van der Waals surface area contributed by atoms with Gasteiger partial charge >= 0.3 is 0 Å². The molecule has 18 heavy (non-hydrogen) atoms. The summed E-state index contributed by atoms with van der Waals surface area (Å²) in [5, 5.41) is -0.457. The molecule has 0 saturated heterocycles. The molecule has 0 aromatic heterocycles. The Morgan fingerprint density at radius 2 is 1.83 bits per heavy atom. The summed E-state index contributed by atoms with van der Waals surface area (Å²) in [6, 6.07) is 8.72. The standard InChI is InChI=1S/C15H20O2S/c1-12-8-7-11-15(2,3)14(12)18(16,17)13-9-5-4-6-10-13/h4-6,9-10,14H,1,7-8,11H2,2-3H3/t14-/m0/s1. The van der Waals surface area contributed by atoms with Crippen LogP contribution < -0.4 is 0 Å². The van der Waals surface area contributed by atoms with E-state index in [2.05, 4.69) is 6.58 Å². The molecule has 0 heterocycles. The van der Waals surface area contributed by atoms with Crippen LogP contribution in [0.5, 0.6) is 0 Å². The second-order valence-electron chi connectivity index (χ2n) is 5.74. The molecule has 2 rings (SSSR count). The van der Waals surface area contributed by atoms with E-state index in [9.17, 15) is 8.42 Å². The van der Waals surface area contributed by atoms with E-state index in [0.29, 0.717) is 4.90 Å². The van der Waals surface area contributed by atoms with Gasteiger partial charge in [-0.25, -0.2) is 8.42 Å². The maximum absolute atomic E-state index is 12.8. The van der Waals surface area contributed by atoms with Gasteiger partial charge < -0.3 is 0 Å². The predicted molar refractivity (Wildman–Crippen MR) is 74.2 cm³/mol. The van der Waals surface area contributed by atoms with Crippen molar-refractivity contribution in [2.45, 2.75) is 43.3 Å². The minimum Gasteiger partial charge on any atom is -0.223 e. The average molecular weight is 264 g/mol. The van der Waals surface area contributed by atoms with Gasteiger partial charge in [-0.3, -0.25) is 0 Å². The number of hydrogen-bond acceptors (Lipinski definition) is 2. The lowest BCUT2D eigenvalue weighted by Gasteiger charge is -2.39. The summed E-state index contributed by atoms with van der Waals surface area (Å²) in [4.78, 5) is 0.408. The lowest BCUT2D eigenvalue weighted by Crippen LogP contribution is -2.40. The SMILES string of the molecule is C=C1CCCC(C)(C)[C@H]1S(=O)(=O)c1ccccc1. The first-order valence-corrected chi connectivity index (χ1v) is 7.87. The summed E-state index contributed by atoms with van der Waals surface area (Å²) < 4.78 is 25.5. The van der Waals surface area contributed by atoms with E-state index in [0.717, 1.165) is 24.8 Å². The first-order valence-electron chi connectivity index (χ1n) is 6.32. The van der Waals surface area contributed by atoms with Gasteiger partial charge in [-0.2, -0.15) is 0 Å². The topological polar surface area (TPSA) is 34.1 Å². The Labute approximate surface area is 110 Å². The lowest BCUT2D eigenvalue weighted by atomic mass is 9.75. The summed E-state index contributed by atoms with van der Waals surface area (Å²) in [7, 11) is -3.32. The highest BCUT2D eigenvalue weighted by molar-refractivity contribution is 7.92. The van der Waals surface area contributed by atoms with Crippen LogP contribution in [-0.4, -0.2) is 13.7 Å². The van der Waals surface area contributed by atoms with E-state index in [4.69, 9.17) is 0 Å². The Bertz CT molecular complexity index is 541. The molecule has 0 amide bonds. The zero-order valence-electron chi connectivity index (χ0n) is 11.0. The van der Waals surface area contributed by atoms with Gasteiger partial charge in [0.05, 0.1) is 10.1 Å². The molecule has 1 aliphatic rings. The molecule has 1 atom stereocenters. The van der Waals surface area contributed by atoms with Crippen molar-refractivity contribution in [3.05, 3.63) is 42.5 Å². The number of sulfone groups is 1. The highest BCUT2D eigenvalue weighted by Gasteiger charge is 2.43. The molecule has 0 unspecified atom stereocenters. The Hall–Kier alpha value is -1.09. The van der Waals surface area contributed by atoms with Crippen molar-refractivity contribution in [1.29, 1.82) is 0 Å². The fourth-order valence-electron chi connectivity index (χ4n) is 2.97. The van der Waals surface area contributed by atoms with Crippen molar-refractivity contribution in [1.82, 2.24) is 0 Å². The van der Waals surface area contributed by atoms with Crippen molar-refractivity contribution in [3.63, 3.8) is 0 Å². The number of hydrogen-bond donors (Lipinski definition) is 0. The van der Waals surface area contributed by atoms with Gasteiger partial charge in [0, 0.05) is 0 Å². The second-order valence-corrected chi connectivity index (χ2v) is 7.77. The highest BCUT2D eigenvalue weighted by atomic mass is 32.2. The van der Waals surface area contributed by atoms with Crippen LogP contribution in [0.1, 0.15) is 33.1 Å². The monoisotopic (exact) mass is 264 g/mol. The molecule has 2 nitrogen and oxygen atoms in total. The van der Waals surface area contributed by atoms with Crippen LogP contribution >= 0.6 is 0 Å². The maximum atomic E-state index is 12.8. The zero-order valence-corrected chi connectivity index (χ0v) is 11.8. The Morgan fingerprint density at radius 3 is 2.39 bits per heavy atom. The summed E-state index contributed by atoms with van der Waals surface area (Å²) in [5.41, 5.74) is 0.624. The van der Waals surface area contributed by atoms with Crippen LogP contribution in [0.25, 0.3) is 0 Å². The molecule has 0 radical (unpaired) electrons. The van der Waals surface area contributed by atoms with Gasteiger partial charge in [0.15, 0.2) is 9.84 Å². The fraction of sp³-hybridized carbons (Fsp3) is 0.467. The van der Waals surface area contributed by atoms with Crippen LogP contribution in [-0.2, 0) is 9.84 Å². The Balaban J connectivity index is 2.49. The molecule has 1 aromatic carbocycles. The van der Waals surface area contributed by atoms with Crippen LogP contribution in [0.2, 0.25) is 0 Å². The molecule has 1 fully saturated rings. The van der Waals surface area contributed by atoms with Crippen molar-refractivity contribution < 1.29 is 8.42 Å². The largest absolute Gasteiger partial charge is 0.223 e. The van der Waals surface area contributed by atoms with Crippen LogP contribution in [0.3, 0.4) is 0 Å². The molecule has 3 heteroatoms. The highest BCUT2D eigenvalue weighted by Crippen LogP contribution is 2.43. The van der Waals surface area contributed by atoms with E-state index in [1.807, 2.05) is 19.9 Å². The molecular weight excluding hydrogens is 244 g/mol. The zero-order chi connectivity index (χ0) is 13.4. The average Bonchev–Trinajstić information content (AvgIpc) is 2.28. The van der Waals surface area contributed by atoms with E-state index in [1.165, 1.54) is 0 Å². The van der Waals surface area contributed by atoms with Gasteiger partial charge in [0.1, 0.15) is 0 Å².